The molecule has 0 saturated heterocycles. The number of benzene rings is 1. The topological polar surface area (TPSA) is 25.8 Å². The van der Waals surface area contributed by atoms with Crippen LogP contribution in [0.5, 0.6) is 0 Å². The van der Waals surface area contributed by atoms with Crippen molar-refractivity contribution in [2.24, 2.45) is 0 Å². The van der Waals surface area contributed by atoms with E-state index in [-0.39, 0.29) is 0 Å². The first kappa shape index (κ1) is 19.8. The molecule has 1 aromatic carbocycles. The zero-order valence-corrected chi connectivity index (χ0v) is 18.0. The monoisotopic (exact) mass is 454 g/mol. The van der Waals surface area contributed by atoms with Crippen molar-refractivity contribution in [1.29, 1.82) is 0 Å². The fourth-order valence-corrected chi connectivity index (χ4v) is 3.80. The van der Waals surface area contributed by atoms with Crippen LogP contribution in [0.1, 0.15) is 76.6 Å². The largest absolute Gasteiger partial charge is 0.248 e. The average molecular weight is 456 g/mol. The summed E-state index contributed by atoms with van der Waals surface area (Å²) >= 11 is 7.27. The third-order valence-corrected chi connectivity index (χ3v) is 5.69. The van der Waals surface area contributed by atoms with Crippen LogP contribution in [-0.2, 0) is 12.8 Å². The number of unbranched alkanes of at least 4 members (excludes halogenated alkanes) is 6. The molecule has 0 N–H and O–H groups in total. The first-order chi connectivity index (χ1) is 11.7. The van der Waals surface area contributed by atoms with Gasteiger partial charge < -0.3 is 0 Å². The average Bonchev–Trinajstić information content (AvgIpc) is 2.59. The maximum Gasteiger partial charge on any atom is 0.104 e. The van der Waals surface area contributed by atoms with E-state index >= 15 is 0 Å². The highest BCUT2D eigenvalue weighted by atomic mass is 79.9. The van der Waals surface area contributed by atoms with Crippen molar-refractivity contribution in [3.05, 3.63) is 32.5 Å². The Labute approximate surface area is 163 Å². The Morgan fingerprint density at radius 3 is 1.46 bits per heavy atom. The van der Waals surface area contributed by atoms with Crippen LogP contribution in [0.2, 0.25) is 0 Å². The summed E-state index contributed by atoms with van der Waals surface area (Å²) in [5.74, 6) is 0. The number of aryl methyl sites for hydroxylation is 2. The van der Waals surface area contributed by atoms with Gasteiger partial charge in [0.1, 0.15) is 11.0 Å². The Hall–Kier alpha value is -0.480. The molecule has 1 heterocycles. The zero-order chi connectivity index (χ0) is 17.4. The summed E-state index contributed by atoms with van der Waals surface area (Å²) in [7, 11) is 0. The lowest BCUT2D eigenvalue weighted by Gasteiger charge is -2.12. The van der Waals surface area contributed by atoms with E-state index in [0.29, 0.717) is 0 Å². The molecular formula is C20H28Br2N2. The second-order valence-corrected chi connectivity index (χ2v) is 8.17. The van der Waals surface area contributed by atoms with Gasteiger partial charge in [-0.3, -0.25) is 0 Å². The van der Waals surface area contributed by atoms with Crippen LogP contribution in [0.15, 0.2) is 21.1 Å². The predicted molar refractivity (Wildman–Crippen MR) is 111 cm³/mol. The molecule has 0 saturated carbocycles. The Kier molecular flexibility index (Phi) is 8.68. The summed E-state index contributed by atoms with van der Waals surface area (Å²) in [6, 6.07) is 4.09. The highest BCUT2D eigenvalue weighted by Gasteiger charge is 2.13. The fourth-order valence-electron chi connectivity index (χ4n) is 2.98. The third kappa shape index (κ3) is 5.52. The van der Waals surface area contributed by atoms with E-state index in [2.05, 4.69) is 45.7 Å². The molecule has 0 atom stereocenters. The molecule has 0 aliphatic rings. The smallest absolute Gasteiger partial charge is 0.104 e. The number of rotatable bonds is 10. The van der Waals surface area contributed by atoms with E-state index in [1.165, 1.54) is 62.8 Å². The van der Waals surface area contributed by atoms with E-state index in [9.17, 15) is 0 Å². The van der Waals surface area contributed by atoms with Crippen LogP contribution in [-0.4, -0.2) is 9.97 Å². The molecule has 0 aliphatic carbocycles. The molecule has 0 fully saturated rings. The number of hydrogen-bond acceptors (Lipinski definition) is 2. The standard InChI is InChI=1S/C20H28Br2N2/c1-3-5-7-9-11-17-18(12-10-8-6-4-2)24-20-16(22)14-13-15(21)19(20)23-17/h13-14H,3-12H2,1-2H3. The van der Waals surface area contributed by atoms with Gasteiger partial charge in [-0.05, 0) is 69.7 Å². The van der Waals surface area contributed by atoms with E-state index < -0.39 is 0 Å². The summed E-state index contributed by atoms with van der Waals surface area (Å²) in [4.78, 5) is 9.99. The Morgan fingerprint density at radius 1 is 0.667 bits per heavy atom. The molecule has 24 heavy (non-hydrogen) atoms. The normalized spacial score (nSPS) is 11.3. The lowest BCUT2D eigenvalue weighted by molar-refractivity contribution is 0.639. The molecule has 4 heteroatoms. The Bertz CT molecular complexity index is 599. The maximum atomic E-state index is 4.99. The molecule has 0 radical (unpaired) electrons. The molecule has 0 unspecified atom stereocenters. The second-order valence-electron chi connectivity index (χ2n) is 6.46. The second kappa shape index (κ2) is 10.5. The Morgan fingerprint density at radius 2 is 1.08 bits per heavy atom. The number of fused-ring (bicyclic) bond motifs is 1. The summed E-state index contributed by atoms with van der Waals surface area (Å²) in [5, 5.41) is 0. The SMILES string of the molecule is CCCCCCc1nc2c(Br)ccc(Br)c2nc1CCCCCC. The molecule has 2 nitrogen and oxygen atoms in total. The molecule has 0 spiro atoms. The number of aromatic nitrogens is 2. The summed E-state index contributed by atoms with van der Waals surface area (Å²) < 4.78 is 2.06. The van der Waals surface area contributed by atoms with Crippen LogP contribution in [0.3, 0.4) is 0 Å². The van der Waals surface area contributed by atoms with Crippen molar-refractivity contribution in [2.75, 3.05) is 0 Å². The van der Waals surface area contributed by atoms with Crippen molar-refractivity contribution < 1.29 is 0 Å². The van der Waals surface area contributed by atoms with Gasteiger partial charge in [-0.1, -0.05) is 52.4 Å². The van der Waals surface area contributed by atoms with Crippen LogP contribution in [0.4, 0.5) is 0 Å². The predicted octanol–water partition coefficient (Wildman–Crippen LogP) is 7.40. The van der Waals surface area contributed by atoms with Gasteiger partial charge >= 0.3 is 0 Å². The zero-order valence-electron chi connectivity index (χ0n) is 14.9. The fraction of sp³-hybridized carbons (Fsp3) is 0.600. The summed E-state index contributed by atoms with van der Waals surface area (Å²) in [5.41, 5.74) is 4.36. The van der Waals surface area contributed by atoms with Crippen molar-refractivity contribution in [2.45, 2.75) is 78.1 Å². The van der Waals surface area contributed by atoms with Gasteiger partial charge in [-0.25, -0.2) is 9.97 Å². The molecule has 0 bridgehead atoms. The van der Waals surface area contributed by atoms with Crippen LogP contribution in [0, 0.1) is 0 Å². The van der Waals surface area contributed by atoms with Gasteiger partial charge in [0.2, 0.25) is 0 Å². The van der Waals surface area contributed by atoms with Gasteiger partial charge in [0.25, 0.3) is 0 Å². The maximum absolute atomic E-state index is 4.99. The number of nitrogens with zero attached hydrogens (tertiary/aromatic N) is 2. The molecule has 2 aromatic rings. The van der Waals surface area contributed by atoms with Crippen molar-refractivity contribution in [3.63, 3.8) is 0 Å². The molecule has 0 aliphatic heterocycles. The summed E-state index contributed by atoms with van der Waals surface area (Å²) in [6.07, 6.45) is 12.2. The van der Waals surface area contributed by atoms with E-state index in [0.717, 1.165) is 32.8 Å². The highest BCUT2D eigenvalue weighted by Crippen LogP contribution is 2.29. The van der Waals surface area contributed by atoms with Crippen molar-refractivity contribution >= 4 is 42.9 Å². The number of hydrogen-bond donors (Lipinski definition) is 0. The quantitative estimate of drug-likeness (QED) is 0.348. The first-order valence-electron chi connectivity index (χ1n) is 9.30. The van der Waals surface area contributed by atoms with Gasteiger partial charge in [0.15, 0.2) is 0 Å². The minimum absolute atomic E-state index is 0.979. The van der Waals surface area contributed by atoms with Crippen LogP contribution < -0.4 is 0 Å². The van der Waals surface area contributed by atoms with E-state index in [4.69, 9.17) is 9.97 Å². The molecule has 2 rings (SSSR count). The third-order valence-electron chi connectivity index (χ3n) is 4.41. The highest BCUT2D eigenvalue weighted by molar-refractivity contribution is 9.11. The van der Waals surface area contributed by atoms with Crippen LogP contribution >= 0.6 is 31.9 Å². The molecular weight excluding hydrogens is 428 g/mol. The van der Waals surface area contributed by atoms with Gasteiger partial charge in [0.05, 0.1) is 11.4 Å². The van der Waals surface area contributed by atoms with Gasteiger partial charge in [-0.15, -0.1) is 0 Å². The minimum atomic E-state index is 0.979. The first-order valence-corrected chi connectivity index (χ1v) is 10.9. The summed E-state index contributed by atoms with van der Waals surface area (Å²) in [6.45, 7) is 4.51. The molecule has 0 amide bonds. The lowest BCUT2D eigenvalue weighted by Crippen LogP contribution is -2.04. The van der Waals surface area contributed by atoms with Crippen LogP contribution in [0.25, 0.3) is 11.0 Å². The van der Waals surface area contributed by atoms with Gasteiger partial charge in [-0.2, -0.15) is 0 Å². The van der Waals surface area contributed by atoms with E-state index in [1.54, 1.807) is 0 Å². The van der Waals surface area contributed by atoms with Crippen molar-refractivity contribution in [1.82, 2.24) is 9.97 Å². The molecule has 1 aromatic heterocycles. The molecule has 132 valence electrons. The van der Waals surface area contributed by atoms with Crippen molar-refractivity contribution in [3.8, 4) is 0 Å². The number of halogens is 2. The minimum Gasteiger partial charge on any atom is -0.248 e. The lowest BCUT2D eigenvalue weighted by atomic mass is 10.0. The Balaban J connectivity index is 2.25. The van der Waals surface area contributed by atoms with E-state index in [1.807, 2.05) is 12.1 Å². The van der Waals surface area contributed by atoms with Gasteiger partial charge in [0, 0.05) is 8.95 Å².